The number of carbonyl (C=O) groups is 2. The highest BCUT2D eigenvalue weighted by molar-refractivity contribution is 9.10. The van der Waals surface area contributed by atoms with Crippen LogP contribution in [0.3, 0.4) is 0 Å². The second-order valence-electron chi connectivity index (χ2n) is 3.95. The second-order valence-corrected chi connectivity index (χ2v) is 4.80. The van der Waals surface area contributed by atoms with Crippen LogP contribution in [0.4, 0.5) is 0 Å². The van der Waals surface area contributed by atoms with Crippen LogP contribution in [0, 0.1) is 0 Å². The zero-order valence-electron chi connectivity index (χ0n) is 11.7. The summed E-state index contributed by atoms with van der Waals surface area (Å²) < 4.78 is 11.5. The predicted molar refractivity (Wildman–Crippen MR) is 81.4 cm³/mol. The summed E-state index contributed by atoms with van der Waals surface area (Å²) in [5.41, 5.74) is 7.43. The highest BCUT2D eigenvalue weighted by Crippen LogP contribution is 2.36. The zero-order valence-corrected chi connectivity index (χ0v) is 13.3. The molecule has 0 aliphatic rings. The van der Waals surface area contributed by atoms with Gasteiger partial charge >= 0.3 is 11.8 Å². The van der Waals surface area contributed by atoms with Crippen molar-refractivity contribution in [3.8, 4) is 11.5 Å². The van der Waals surface area contributed by atoms with E-state index in [1.807, 2.05) is 12.3 Å². The topological polar surface area (TPSA) is 103 Å². The normalized spacial score (nSPS) is 10.4. The Bertz CT molecular complexity index is 561. The van der Waals surface area contributed by atoms with Crippen molar-refractivity contribution in [3.05, 3.63) is 22.2 Å². The van der Waals surface area contributed by atoms with Gasteiger partial charge in [0.05, 0.1) is 24.4 Å². The third-order valence-corrected chi connectivity index (χ3v) is 2.89. The summed E-state index contributed by atoms with van der Waals surface area (Å²) in [6, 6.07) is 3.43. The highest BCUT2D eigenvalue weighted by atomic mass is 79.9. The van der Waals surface area contributed by atoms with E-state index in [2.05, 4.69) is 21.0 Å². The van der Waals surface area contributed by atoms with Gasteiger partial charge in [0, 0.05) is 0 Å². The molecule has 1 aromatic rings. The van der Waals surface area contributed by atoms with Gasteiger partial charge in [-0.2, -0.15) is 5.10 Å². The Morgan fingerprint density at radius 2 is 2.19 bits per heavy atom. The molecule has 0 aliphatic heterocycles. The van der Waals surface area contributed by atoms with Crippen LogP contribution in [0.25, 0.3) is 0 Å². The number of hydrogen-bond donors (Lipinski definition) is 2. The van der Waals surface area contributed by atoms with Gasteiger partial charge < -0.3 is 15.2 Å². The minimum atomic E-state index is -1.10. The van der Waals surface area contributed by atoms with Crippen molar-refractivity contribution in [3.63, 3.8) is 0 Å². The molecule has 0 bridgehead atoms. The summed E-state index contributed by atoms with van der Waals surface area (Å²) in [5, 5.41) is 3.63. The fourth-order valence-electron chi connectivity index (χ4n) is 1.38. The van der Waals surface area contributed by atoms with E-state index in [0.717, 1.165) is 6.42 Å². The monoisotopic (exact) mass is 357 g/mol. The highest BCUT2D eigenvalue weighted by Gasteiger charge is 2.11. The molecule has 0 spiro atoms. The number of hydrazone groups is 1. The molecule has 2 amide bonds. The number of benzene rings is 1. The van der Waals surface area contributed by atoms with E-state index in [1.54, 1.807) is 12.1 Å². The molecule has 114 valence electrons. The molecular formula is C13H16BrN3O4. The number of nitrogens with two attached hydrogens (primary N) is 1. The van der Waals surface area contributed by atoms with E-state index >= 15 is 0 Å². The lowest BCUT2D eigenvalue weighted by Gasteiger charge is -2.12. The molecule has 7 nitrogen and oxygen atoms in total. The largest absolute Gasteiger partial charge is 0.493 e. The van der Waals surface area contributed by atoms with Gasteiger partial charge in [0.1, 0.15) is 0 Å². The van der Waals surface area contributed by atoms with E-state index in [4.69, 9.17) is 15.2 Å². The fourth-order valence-corrected chi connectivity index (χ4v) is 1.95. The van der Waals surface area contributed by atoms with Crippen molar-refractivity contribution < 1.29 is 19.1 Å². The number of halogens is 1. The lowest BCUT2D eigenvalue weighted by atomic mass is 10.2. The van der Waals surface area contributed by atoms with Gasteiger partial charge in [0.2, 0.25) is 0 Å². The lowest BCUT2D eigenvalue weighted by molar-refractivity contribution is -0.137. The summed E-state index contributed by atoms with van der Waals surface area (Å²) in [6.45, 7) is 2.57. The summed E-state index contributed by atoms with van der Waals surface area (Å²) >= 11 is 3.38. The van der Waals surface area contributed by atoms with E-state index in [1.165, 1.54) is 13.3 Å². The molecule has 0 saturated heterocycles. The van der Waals surface area contributed by atoms with Gasteiger partial charge in [-0.15, -0.1) is 0 Å². The van der Waals surface area contributed by atoms with Crippen molar-refractivity contribution >= 4 is 34.0 Å². The number of amides is 2. The Morgan fingerprint density at radius 1 is 1.48 bits per heavy atom. The van der Waals surface area contributed by atoms with E-state index in [9.17, 15) is 9.59 Å². The molecule has 1 aromatic carbocycles. The Morgan fingerprint density at radius 3 is 2.76 bits per heavy atom. The van der Waals surface area contributed by atoms with Crippen LogP contribution >= 0.6 is 15.9 Å². The maximum Gasteiger partial charge on any atom is 0.329 e. The molecule has 0 heterocycles. The molecule has 0 aromatic heterocycles. The number of nitrogens with one attached hydrogen (secondary N) is 1. The van der Waals surface area contributed by atoms with Crippen LogP contribution in [0.1, 0.15) is 18.9 Å². The van der Waals surface area contributed by atoms with Crippen molar-refractivity contribution in [2.45, 2.75) is 13.3 Å². The summed E-state index contributed by atoms with van der Waals surface area (Å²) in [4.78, 5) is 21.5. The van der Waals surface area contributed by atoms with Crippen LogP contribution in [0.5, 0.6) is 11.5 Å². The smallest absolute Gasteiger partial charge is 0.329 e. The maximum absolute atomic E-state index is 10.9. The summed E-state index contributed by atoms with van der Waals surface area (Å²) in [7, 11) is 1.52. The number of hydrogen-bond acceptors (Lipinski definition) is 5. The SMILES string of the molecule is CCCOc1c(Br)cc(/C=N/NC(=O)C(N)=O)cc1OC. The van der Waals surface area contributed by atoms with Gasteiger partial charge in [-0.3, -0.25) is 9.59 Å². The Balaban J connectivity index is 2.90. The number of nitrogens with zero attached hydrogens (tertiary/aromatic N) is 1. The molecule has 0 aliphatic carbocycles. The predicted octanol–water partition coefficient (Wildman–Crippen LogP) is 1.18. The second kappa shape index (κ2) is 8.25. The molecule has 0 saturated carbocycles. The van der Waals surface area contributed by atoms with Crippen molar-refractivity contribution in [1.29, 1.82) is 0 Å². The Labute approximate surface area is 130 Å². The minimum absolute atomic E-state index is 0.528. The van der Waals surface area contributed by atoms with Crippen molar-refractivity contribution in [2.24, 2.45) is 10.8 Å². The van der Waals surface area contributed by atoms with Crippen LogP contribution < -0.4 is 20.6 Å². The first-order valence-electron chi connectivity index (χ1n) is 6.12. The van der Waals surface area contributed by atoms with Crippen molar-refractivity contribution in [1.82, 2.24) is 5.43 Å². The molecule has 0 unspecified atom stereocenters. The van der Waals surface area contributed by atoms with E-state index in [0.29, 0.717) is 28.1 Å². The molecule has 3 N–H and O–H groups in total. The number of primary amides is 1. The van der Waals surface area contributed by atoms with Gasteiger partial charge in [0.15, 0.2) is 11.5 Å². The molecule has 1 rings (SSSR count). The summed E-state index contributed by atoms with van der Waals surface area (Å²) in [6.07, 6.45) is 2.23. The molecular weight excluding hydrogens is 342 g/mol. The third-order valence-electron chi connectivity index (χ3n) is 2.31. The first kappa shape index (κ1) is 17.0. The fraction of sp³-hybridized carbons (Fsp3) is 0.308. The molecule has 0 radical (unpaired) electrons. The average Bonchev–Trinajstić information content (AvgIpc) is 2.45. The lowest BCUT2D eigenvalue weighted by Crippen LogP contribution is -2.32. The van der Waals surface area contributed by atoms with Gasteiger partial charge in [-0.05, 0) is 40.0 Å². The maximum atomic E-state index is 10.9. The van der Waals surface area contributed by atoms with Gasteiger partial charge in [0.25, 0.3) is 0 Å². The number of carbonyl (C=O) groups excluding carboxylic acids is 2. The molecule has 0 fully saturated rings. The first-order chi connectivity index (χ1) is 9.99. The van der Waals surface area contributed by atoms with Crippen LogP contribution in [0.2, 0.25) is 0 Å². The first-order valence-corrected chi connectivity index (χ1v) is 6.92. The number of rotatable bonds is 6. The third kappa shape index (κ3) is 5.07. The van der Waals surface area contributed by atoms with Crippen LogP contribution in [-0.2, 0) is 9.59 Å². The molecule has 21 heavy (non-hydrogen) atoms. The van der Waals surface area contributed by atoms with Gasteiger partial charge in [-0.25, -0.2) is 5.43 Å². The summed E-state index contributed by atoms with van der Waals surface area (Å²) in [5.74, 6) is -0.965. The zero-order chi connectivity index (χ0) is 15.8. The molecule has 8 heteroatoms. The standard InChI is InChI=1S/C13H16BrN3O4/c1-3-4-21-11-9(14)5-8(6-10(11)20-2)7-16-17-13(19)12(15)18/h5-7H,3-4H2,1-2H3,(H2,15,18)(H,17,19)/b16-7+. The Kier molecular flexibility index (Phi) is 6.67. The van der Waals surface area contributed by atoms with Crippen LogP contribution in [-0.4, -0.2) is 31.7 Å². The quantitative estimate of drug-likeness (QED) is 0.453. The van der Waals surface area contributed by atoms with Crippen LogP contribution in [0.15, 0.2) is 21.7 Å². The van der Waals surface area contributed by atoms with E-state index in [-0.39, 0.29) is 0 Å². The number of methoxy groups -OCH3 is 1. The Hall–Kier alpha value is -2.09. The average molecular weight is 358 g/mol. The van der Waals surface area contributed by atoms with Gasteiger partial charge in [-0.1, -0.05) is 6.92 Å². The number of ether oxygens (including phenoxy) is 2. The minimum Gasteiger partial charge on any atom is -0.493 e. The van der Waals surface area contributed by atoms with E-state index < -0.39 is 11.8 Å². The van der Waals surface area contributed by atoms with Crippen molar-refractivity contribution in [2.75, 3.05) is 13.7 Å². The molecule has 0 atom stereocenters.